The third-order valence-corrected chi connectivity index (χ3v) is 2.11. The van der Waals surface area contributed by atoms with Crippen LogP contribution >= 0.6 is 0 Å². The van der Waals surface area contributed by atoms with Crippen LogP contribution in [0, 0.1) is 0 Å². The van der Waals surface area contributed by atoms with Crippen molar-refractivity contribution in [1.29, 1.82) is 0 Å². The maximum Gasteiger partial charge on any atom is 0.161 e. The number of rotatable bonds is 9. The lowest BCUT2D eigenvalue weighted by Crippen LogP contribution is -2.35. The van der Waals surface area contributed by atoms with Crippen LogP contribution in [0.2, 0.25) is 0 Å². The van der Waals surface area contributed by atoms with Gasteiger partial charge in [0.15, 0.2) is 11.5 Å². The van der Waals surface area contributed by atoms with E-state index in [1.54, 1.807) is 24.3 Å². The van der Waals surface area contributed by atoms with Crippen molar-refractivity contribution in [2.24, 2.45) is 0 Å². The van der Waals surface area contributed by atoms with Crippen molar-refractivity contribution in [3.63, 3.8) is 0 Å². The molecule has 1 aromatic carbocycles. The fourth-order valence-corrected chi connectivity index (χ4v) is 1.31. The Morgan fingerprint density at radius 2 is 1.65 bits per heavy atom. The first-order chi connectivity index (χ1) is 9.52. The number of hydrogen-bond donors (Lipinski definition) is 4. The van der Waals surface area contributed by atoms with Crippen LogP contribution in [0.1, 0.15) is 0 Å². The molecule has 114 valence electrons. The van der Waals surface area contributed by atoms with Gasteiger partial charge in [-0.15, -0.1) is 0 Å². The van der Waals surface area contributed by atoms with E-state index < -0.39 is 23.5 Å². The zero-order chi connectivity index (χ0) is 15.0. The second kappa shape index (κ2) is 8.63. The van der Waals surface area contributed by atoms with Crippen LogP contribution in [0.5, 0.6) is 11.5 Å². The Labute approximate surface area is 114 Å². The molecule has 1 atom stereocenters. The molecule has 0 amide bonds. The number of nitrogens with zero attached hydrogens (tertiary/aromatic N) is 2. The van der Waals surface area contributed by atoms with E-state index in [9.17, 15) is 0 Å². The highest BCUT2D eigenvalue weighted by Crippen LogP contribution is 2.25. The largest absolute Gasteiger partial charge is 0.493 e. The molecule has 0 aliphatic heterocycles. The zero-order valence-corrected chi connectivity index (χ0v) is 10.6. The molecule has 0 bridgehead atoms. The minimum atomic E-state index is -1.03. The molecule has 0 heterocycles. The Balaban J connectivity index is 2.55. The molecule has 1 aromatic rings. The maximum atomic E-state index is 8.58. The normalized spacial score (nSPS) is 12.8. The van der Waals surface area contributed by atoms with Gasteiger partial charge in [0, 0.05) is 0 Å². The fourth-order valence-electron chi connectivity index (χ4n) is 1.31. The fraction of sp³-hybridized carbons (Fsp3) is 0.400. The summed E-state index contributed by atoms with van der Waals surface area (Å²) in [6.07, 6.45) is -1.03. The third-order valence-electron chi connectivity index (χ3n) is 2.11. The second-order valence-electron chi connectivity index (χ2n) is 3.49. The molecular weight excluding hydrogens is 276 g/mol. The molecule has 1 rings (SSSR count). The Morgan fingerprint density at radius 3 is 2.20 bits per heavy atom. The van der Waals surface area contributed by atoms with Crippen molar-refractivity contribution in [2.75, 3.05) is 20.3 Å². The topological polar surface area (TPSA) is 124 Å². The van der Waals surface area contributed by atoms with Crippen molar-refractivity contribution in [2.45, 2.75) is 6.10 Å². The van der Waals surface area contributed by atoms with E-state index in [1.165, 1.54) is 7.11 Å². The number of hydrogen-bond acceptors (Lipinski definition) is 10. The summed E-state index contributed by atoms with van der Waals surface area (Å²) in [4.78, 5) is 8.81. The quantitative estimate of drug-likeness (QED) is 0.477. The minimum Gasteiger partial charge on any atom is -0.493 e. The first kappa shape index (κ1) is 16.6. The van der Waals surface area contributed by atoms with Crippen molar-refractivity contribution in [3.8, 4) is 11.5 Å². The van der Waals surface area contributed by atoms with Gasteiger partial charge < -0.3 is 9.47 Å². The predicted octanol–water partition coefficient (Wildman–Crippen LogP) is 0.467. The lowest BCUT2D eigenvalue weighted by molar-refractivity contribution is -0.527. The lowest BCUT2D eigenvalue weighted by atomic mass is 10.3. The summed E-state index contributed by atoms with van der Waals surface area (Å²) in [5.74, 6) is 0.874. The van der Waals surface area contributed by atoms with E-state index in [2.05, 4.69) is 9.68 Å². The van der Waals surface area contributed by atoms with Crippen LogP contribution in [0.4, 0.5) is 0 Å². The molecule has 0 aromatic heterocycles. The molecule has 0 aliphatic carbocycles. The van der Waals surface area contributed by atoms with Gasteiger partial charge in [-0.1, -0.05) is 12.1 Å². The summed E-state index contributed by atoms with van der Waals surface area (Å²) in [6.45, 7) is -0.592. The van der Waals surface area contributed by atoms with E-state index in [1.807, 2.05) is 0 Å². The van der Waals surface area contributed by atoms with Crippen LogP contribution in [0.3, 0.4) is 0 Å². The van der Waals surface area contributed by atoms with Gasteiger partial charge in [-0.2, -0.15) is 0 Å². The molecule has 0 spiro atoms. The highest BCUT2D eigenvalue weighted by molar-refractivity contribution is 5.39. The summed E-state index contributed by atoms with van der Waals surface area (Å²) in [5, 5.41) is 32.9. The third kappa shape index (κ3) is 6.10. The highest BCUT2D eigenvalue weighted by atomic mass is 17.1. The monoisotopic (exact) mass is 292 g/mol. The number of methoxy groups -OCH3 is 1. The highest BCUT2D eigenvalue weighted by Gasteiger charge is 2.17. The number of benzene rings is 1. The number of ether oxygens (including phenoxy) is 2. The van der Waals surface area contributed by atoms with E-state index in [4.69, 9.17) is 30.3 Å². The molecule has 10 heteroatoms. The van der Waals surface area contributed by atoms with Crippen LogP contribution < -0.4 is 9.47 Å². The molecule has 0 saturated carbocycles. The van der Waals surface area contributed by atoms with Crippen LogP contribution in [-0.4, -0.2) is 58.0 Å². The van der Waals surface area contributed by atoms with E-state index in [0.717, 1.165) is 0 Å². The van der Waals surface area contributed by atoms with Gasteiger partial charge in [0.25, 0.3) is 0 Å². The lowest BCUT2D eigenvalue weighted by Gasteiger charge is -2.20. The zero-order valence-electron chi connectivity index (χ0n) is 10.6. The van der Waals surface area contributed by atoms with Crippen molar-refractivity contribution >= 4 is 0 Å². The summed E-state index contributed by atoms with van der Waals surface area (Å²) >= 11 is 0. The first-order valence-electron chi connectivity index (χ1n) is 5.44. The van der Waals surface area contributed by atoms with Gasteiger partial charge in [-0.05, 0) is 12.1 Å². The maximum absolute atomic E-state index is 8.58. The Kier molecular flexibility index (Phi) is 7.14. The summed E-state index contributed by atoms with van der Waals surface area (Å²) in [5.41, 5.74) is 0. The number of para-hydroxylation sites is 2. The molecular formula is C10H16N2O8. The van der Waals surface area contributed by atoms with Gasteiger partial charge in [0.1, 0.15) is 19.3 Å². The Bertz CT molecular complexity index is 389. The van der Waals surface area contributed by atoms with Gasteiger partial charge >= 0.3 is 0 Å². The van der Waals surface area contributed by atoms with Gasteiger partial charge in [-0.25, -0.2) is 9.68 Å². The molecule has 10 nitrogen and oxygen atoms in total. The molecule has 20 heavy (non-hydrogen) atoms. The molecule has 0 radical (unpaired) electrons. The molecule has 4 N–H and O–H groups in total. The molecule has 0 fully saturated rings. The van der Waals surface area contributed by atoms with Gasteiger partial charge in [0.2, 0.25) is 0 Å². The summed E-state index contributed by atoms with van der Waals surface area (Å²) in [7, 11) is 1.47. The molecule has 1 unspecified atom stereocenters. The molecule has 0 aliphatic rings. The molecule has 0 saturated heterocycles. The van der Waals surface area contributed by atoms with Crippen molar-refractivity contribution in [3.05, 3.63) is 24.3 Å². The van der Waals surface area contributed by atoms with E-state index >= 15 is 0 Å². The van der Waals surface area contributed by atoms with Crippen LogP contribution in [0.15, 0.2) is 24.3 Å². The first-order valence-corrected chi connectivity index (χ1v) is 5.44. The average molecular weight is 292 g/mol. The van der Waals surface area contributed by atoms with Crippen LogP contribution in [0.25, 0.3) is 0 Å². The SMILES string of the molecule is COc1ccccc1OCC(CON(O)O)ON(O)O. The Morgan fingerprint density at radius 1 is 1.00 bits per heavy atom. The predicted molar refractivity (Wildman–Crippen MR) is 60.1 cm³/mol. The van der Waals surface area contributed by atoms with E-state index in [0.29, 0.717) is 11.5 Å². The van der Waals surface area contributed by atoms with Crippen molar-refractivity contribution < 1.29 is 40.0 Å². The van der Waals surface area contributed by atoms with Crippen LogP contribution in [-0.2, 0) is 9.68 Å². The summed E-state index contributed by atoms with van der Waals surface area (Å²) < 4.78 is 10.4. The standard InChI is InChI=1S/C10H16N2O8/c1-17-9-4-2-3-5-10(9)18-6-8(20-12(15)16)7-19-11(13)14/h2-5,8,13-16H,6-7H2,1H3. The average Bonchev–Trinajstić information content (AvgIpc) is 2.41. The van der Waals surface area contributed by atoms with Crippen molar-refractivity contribution in [1.82, 2.24) is 10.8 Å². The smallest absolute Gasteiger partial charge is 0.161 e. The van der Waals surface area contributed by atoms with Gasteiger partial charge in [0.05, 0.1) is 17.9 Å². The van der Waals surface area contributed by atoms with Gasteiger partial charge in [-0.3, -0.25) is 20.8 Å². The van der Waals surface area contributed by atoms with E-state index in [-0.39, 0.29) is 6.61 Å². The summed E-state index contributed by atoms with van der Waals surface area (Å²) in [6, 6.07) is 6.78. The Hall–Kier alpha value is -1.50. The second-order valence-corrected chi connectivity index (χ2v) is 3.49. The minimum absolute atomic E-state index is 0.175.